The molecule has 1 saturated carbocycles. The van der Waals surface area contributed by atoms with E-state index in [9.17, 15) is 0 Å². The van der Waals surface area contributed by atoms with Crippen molar-refractivity contribution in [2.75, 3.05) is 0 Å². The molecule has 1 aliphatic carbocycles. The van der Waals surface area contributed by atoms with Crippen LogP contribution in [0.3, 0.4) is 0 Å². The number of rotatable bonds is 1. The smallest absolute Gasteiger partial charge is 0.0965 e. The zero-order valence-electron chi connectivity index (χ0n) is 5.91. The Labute approximate surface area is 55.9 Å². The molecule has 0 aliphatic heterocycles. The highest BCUT2D eigenvalue weighted by atomic mass is 14.7. The summed E-state index contributed by atoms with van der Waals surface area (Å²) < 4.78 is 0. The van der Waals surface area contributed by atoms with Crippen LogP contribution in [0.15, 0.2) is 0 Å². The highest BCUT2D eigenvalue weighted by Crippen LogP contribution is 2.36. The zero-order valence-corrected chi connectivity index (χ0v) is 5.91. The van der Waals surface area contributed by atoms with Crippen LogP contribution < -0.4 is 5.73 Å². The molecule has 0 aromatic carbocycles. The van der Waals surface area contributed by atoms with Crippen LogP contribution in [0, 0.1) is 10.8 Å². The second-order valence-corrected chi connectivity index (χ2v) is 3.18. The lowest BCUT2D eigenvalue weighted by Gasteiger charge is -2.20. The van der Waals surface area contributed by atoms with E-state index in [-0.39, 0.29) is 5.41 Å². The lowest BCUT2D eigenvalue weighted by atomic mass is 9.88. The fourth-order valence-electron chi connectivity index (χ4n) is 1.42. The van der Waals surface area contributed by atoms with Crippen molar-refractivity contribution in [3.8, 4) is 0 Å². The predicted octanol–water partition coefficient (Wildman–Crippen LogP) is 1.50. The van der Waals surface area contributed by atoms with Crippen molar-refractivity contribution in [2.45, 2.75) is 32.6 Å². The van der Waals surface area contributed by atoms with E-state index in [1.807, 2.05) is 0 Å². The van der Waals surface area contributed by atoms with Gasteiger partial charge in [0.25, 0.3) is 0 Å². The maximum atomic E-state index is 7.27. The molecule has 1 rings (SSSR count). The van der Waals surface area contributed by atoms with Gasteiger partial charge in [-0.1, -0.05) is 19.8 Å². The molecule has 0 heterocycles. The second kappa shape index (κ2) is 2.01. The quantitative estimate of drug-likeness (QED) is 0.406. The van der Waals surface area contributed by atoms with Crippen LogP contribution in [0.2, 0.25) is 0 Å². The molecule has 0 radical (unpaired) electrons. The molecule has 0 amide bonds. The first-order valence-electron chi connectivity index (χ1n) is 3.50. The van der Waals surface area contributed by atoms with Gasteiger partial charge >= 0.3 is 0 Å². The lowest BCUT2D eigenvalue weighted by Crippen LogP contribution is -2.30. The number of nitrogens with two attached hydrogens (primary N) is 1. The van der Waals surface area contributed by atoms with E-state index in [1.165, 1.54) is 12.8 Å². The van der Waals surface area contributed by atoms with Gasteiger partial charge in [0.05, 0.1) is 5.84 Å². The van der Waals surface area contributed by atoms with Gasteiger partial charge in [-0.25, -0.2) is 0 Å². The SMILES string of the molecule is CC1(C(=N)N)CCCC1. The first-order valence-corrected chi connectivity index (χ1v) is 3.50. The Bertz CT molecular complexity index is 123. The van der Waals surface area contributed by atoms with Crippen LogP contribution in [0.1, 0.15) is 32.6 Å². The second-order valence-electron chi connectivity index (χ2n) is 3.18. The van der Waals surface area contributed by atoms with Crippen molar-refractivity contribution in [3.63, 3.8) is 0 Å². The summed E-state index contributed by atoms with van der Waals surface area (Å²) in [6.07, 6.45) is 4.72. The van der Waals surface area contributed by atoms with Gasteiger partial charge in [0.15, 0.2) is 0 Å². The first kappa shape index (κ1) is 6.59. The van der Waals surface area contributed by atoms with Gasteiger partial charge in [-0.15, -0.1) is 0 Å². The summed E-state index contributed by atoms with van der Waals surface area (Å²) in [4.78, 5) is 0. The molecule has 1 fully saturated rings. The Balaban J connectivity index is 2.61. The average Bonchev–Trinajstić information content (AvgIpc) is 2.16. The Morgan fingerprint density at radius 3 is 2.11 bits per heavy atom. The molecule has 0 aromatic rings. The van der Waals surface area contributed by atoms with Crippen LogP contribution in [-0.2, 0) is 0 Å². The maximum absolute atomic E-state index is 7.27. The molecule has 1 aliphatic rings. The minimum absolute atomic E-state index is 0.0556. The fraction of sp³-hybridized carbons (Fsp3) is 0.857. The summed E-state index contributed by atoms with van der Waals surface area (Å²) in [5.74, 6) is 0.375. The summed E-state index contributed by atoms with van der Waals surface area (Å²) in [6.45, 7) is 2.09. The van der Waals surface area contributed by atoms with E-state index in [2.05, 4.69) is 6.92 Å². The van der Waals surface area contributed by atoms with Crippen molar-refractivity contribution in [2.24, 2.45) is 11.1 Å². The Kier molecular flexibility index (Phi) is 1.47. The van der Waals surface area contributed by atoms with Crippen LogP contribution in [-0.4, -0.2) is 5.84 Å². The summed E-state index contributed by atoms with van der Waals surface area (Å²) >= 11 is 0. The van der Waals surface area contributed by atoms with E-state index in [1.54, 1.807) is 0 Å². The Morgan fingerprint density at radius 2 is 1.89 bits per heavy atom. The fourth-order valence-corrected chi connectivity index (χ4v) is 1.42. The Morgan fingerprint density at radius 1 is 1.44 bits per heavy atom. The van der Waals surface area contributed by atoms with Crippen molar-refractivity contribution in [1.29, 1.82) is 5.41 Å². The zero-order chi connectivity index (χ0) is 6.91. The highest BCUT2D eigenvalue weighted by molar-refractivity contribution is 5.83. The van der Waals surface area contributed by atoms with E-state index >= 15 is 0 Å². The Hall–Kier alpha value is -0.530. The van der Waals surface area contributed by atoms with Crippen molar-refractivity contribution >= 4 is 5.84 Å². The maximum Gasteiger partial charge on any atom is 0.0965 e. The third kappa shape index (κ3) is 1.07. The minimum atomic E-state index is 0.0556. The van der Waals surface area contributed by atoms with Crippen molar-refractivity contribution < 1.29 is 0 Å². The molecule has 3 N–H and O–H groups in total. The molecule has 0 saturated heterocycles. The number of hydrogen-bond donors (Lipinski definition) is 2. The van der Waals surface area contributed by atoms with Gasteiger partial charge in [0.2, 0.25) is 0 Å². The van der Waals surface area contributed by atoms with E-state index < -0.39 is 0 Å². The molecular formula is C7H14N2. The molecule has 0 atom stereocenters. The first-order chi connectivity index (χ1) is 4.15. The number of nitrogens with one attached hydrogen (secondary N) is 1. The monoisotopic (exact) mass is 126 g/mol. The molecule has 52 valence electrons. The van der Waals surface area contributed by atoms with Crippen molar-refractivity contribution in [3.05, 3.63) is 0 Å². The molecule has 0 spiro atoms. The predicted molar refractivity (Wildman–Crippen MR) is 38.5 cm³/mol. The largest absolute Gasteiger partial charge is 0.387 e. The van der Waals surface area contributed by atoms with E-state index in [0.717, 1.165) is 12.8 Å². The standard InChI is InChI=1S/C7H14N2/c1-7(6(8)9)4-2-3-5-7/h2-5H2,1H3,(H3,8,9). The van der Waals surface area contributed by atoms with Crippen LogP contribution in [0.4, 0.5) is 0 Å². The van der Waals surface area contributed by atoms with E-state index in [4.69, 9.17) is 11.1 Å². The topological polar surface area (TPSA) is 49.9 Å². The van der Waals surface area contributed by atoms with Gasteiger partial charge in [0.1, 0.15) is 0 Å². The summed E-state index contributed by atoms with van der Waals surface area (Å²) in [6, 6.07) is 0. The normalized spacial score (nSPS) is 24.1. The third-order valence-electron chi connectivity index (χ3n) is 2.36. The van der Waals surface area contributed by atoms with Crippen LogP contribution in [0.25, 0.3) is 0 Å². The minimum Gasteiger partial charge on any atom is -0.387 e. The molecule has 0 unspecified atom stereocenters. The highest BCUT2D eigenvalue weighted by Gasteiger charge is 2.31. The van der Waals surface area contributed by atoms with Gasteiger partial charge < -0.3 is 5.73 Å². The molecular weight excluding hydrogens is 112 g/mol. The molecule has 0 bridgehead atoms. The van der Waals surface area contributed by atoms with Gasteiger partial charge in [0, 0.05) is 5.41 Å². The molecule has 2 nitrogen and oxygen atoms in total. The lowest BCUT2D eigenvalue weighted by molar-refractivity contribution is 0.480. The molecule has 0 aromatic heterocycles. The van der Waals surface area contributed by atoms with Crippen molar-refractivity contribution in [1.82, 2.24) is 0 Å². The van der Waals surface area contributed by atoms with Crippen LogP contribution >= 0.6 is 0 Å². The third-order valence-corrected chi connectivity index (χ3v) is 2.36. The average molecular weight is 126 g/mol. The molecule has 2 heteroatoms. The molecule has 9 heavy (non-hydrogen) atoms. The van der Waals surface area contributed by atoms with E-state index in [0.29, 0.717) is 5.84 Å². The van der Waals surface area contributed by atoms with Gasteiger partial charge in [-0.3, -0.25) is 5.41 Å². The summed E-state index contributed by atoms with van der Waals surface area (Å²) in [7, 11) is 0. The van der Waals surface area contributed by atoms with Gasteiger partial charge in [-0.05, 0) is 12.8 Å². The number of amidine groups is 1. The summed E-state index contributed by atoms with van der Waals surface area (Å²) in [5.41, 5.74) is 5.47. The number of hydrogen-bond acceptors (Lipinski definition) is 1. The van der Waals surface area contributed by atoms with Crippen LogP contribution in [0.5, 0.6) is 0 Å². The van der Waals surface area contributed by atoms with Gasteiger partial charge in [-0.2, -0.15) is 0 Å². The summed E-state index contributed by atoms with van der Waals surface area (Å²) in [5, 5.41) is 7.27.